The lowest BCUT2D eigenvalue weighted by Crippen LogP contribution is -2.40. The molecular weight excluding hydrogens is 272 g/mol. The summed E-state index contributed by atoms with van der Waals surface area (Å²) >= 11 is 6.05. The van der Waals surface area contributed by atoms with E-state index in [9.17, 15) is 0 Å². The molecule has 0 spiro atoms. The topological polar surface area (TPSA) is 34.0 Å². The van der Waals surface area contributed by atoms with Crippen molar-refractivity contribution in [3.63, 3.8) is 0 Å². The Labute approximate surface area is 124 Å². The van der Waals surface area contributed by atoms with Crippen LogP contribution in [-0.2, 0) is 12.4 Å². The van der Waals surface area contributed by atoms with Crippen molar-refractivity contribution in [1.82, 2.24) is 19.4 Å². The van der Waals surface area contributed by atoms with Gasteiger partial charge in [-0.1, -0.05) is 6.42 Å². The van der Waals surface area contributed by atoms with E-state index in [2.05, 4.69) is 26.4 Å². The van der Waals surface area contributed by atoms with Crippen molar-refractivity contribution in [3.05, 3.63) is 24.2 Å². The van der Waals surface area contributed by atoms with Gasteiger partial charge in [-0.2, -0.15) is 0 Å². The molecule has 0 saturated carbocycles. The molecule has 0 N–H and O–H groups in total. The van der Waals surface area contributed by atoms with E-state index in [0.29, 0.717) is 11.9 Å². The SMILES string of the molecule is CC(Cn1c(CCl)nc2cccnc21)N1CCCCC1. The van der Waals surface area contributed by atoms with Crippen LogP contribution in [0.3, 0.4) is 0 Å². The molecule has 0 aromatic carbocycles. The van der Waals surface area contributed by atoms with E-state index in [1.807, 2.05) is 18.3 Å². The summed E-state index contributed by atoms with van der Waals surface area (Å²) < 4.78 is 2.18. The predicted molar refractivity (Wildman–Crippen MR) is 82.0 cm³/mol. The molecule has 1 saturated heterocycles. The second-order valence-electron chi connectivity index (χ2n) is 5.56. The van der Waals surface area contributed by atoms with E-state index in [1.54, 1.807) is 0 Å². The molecule has 0 amide bonds. The monoisotopic (exact) mass is 292 g/mol. The van der Waals surface area contributed by atoms with Gasteiger partial charge in [0.05, 0.1) is 5.88 Å². The van der Waals surface area contributed by atoms with Gasteiger partial charge >= 0.3 is 0 Å². The lowest BCUT2D eigenvalue weighted by atomic mass is 10.1. The Bertz CT molecular complexity index is 574. The van der Waals surface area contributed by atoms with Crippen molar-refractivity contribution in [3.8, 4) is 0 Å². The molecule has 0 aliphatic carbocycles. The summed E-state index contributed by atoms with van der Waals surface area (Å²) in [6.45, 7) is 5.61. The Kier molecular flexibility index (Phi) is 4.22. The van der Waals surface area contributed by atoms with Crippen LogP contribution in [0.4, 0.5) is 0 Å². The molecule has 1 aliphatic heterocycles. The summed E-state index contributed by atoms with van der Waals surface area (Å²) in [5.41, 5.74) is 1.89. The summed E-state index contributed by atoms with van der Waals surface area (Å²) in [4.78, 5) is 11.6. The highest BCUT2D eigenvalue weighted by Crippen LogP contribution is 2.19. The Morgan fingerprint density at radius 3 is 2.85 bits per heavy atom. The number of rotatable bonds is 4. The zero-order valence-corrected chi connectivity index (χ0v) is 12.7. The van der Waals surface area contributed by atoms with Gasteiger partial charge in [0.25, 0.3) is 0 Å². The summed E-state index contributed by atoms with van der Waals surface area (Å²) in [6.07, 6.45) is 5.82. The van der Waals surface area contributed by atoms with E-state index in [0.717, 1.165) is 23.5 Å². The molecule has 4 nitrogen and oxygen atoms in total. The maximum Gasteiger partial charge on any atom is 0.160 e. The average molecular weight is 293 g/mol. The molecule has 5 heteroatoms. The number of aromatic nitrogens is 3. The molecule has 0 radical (unpaired) electrons. The van der Waals surface area contributed by atoms with E-state index in [-0.39, 0.29) is 0 Å². The van der Waals surface area contributed by atoms with Crippen LogP contribution in [0.25, 0.3) is 11.2 Å². The van der Waals surface area contributed by atoms with Gasteiger partial charge in [0.15, 0.2) is 5.65 Å². The zero-order valence-electron chi connectivity index (χ0n) is 11.9. The highest BCUT2D eigenvalue weighted by Gasteiger charge is 2.19. The van der Waals surface area contributed by atoms with Crippen LogP contribution in [0.5, 0.6) is 0 Å². The standard InChI is InChI=1S/C15H21ClN4/c1-12(19-8-3-2-4-9-19)11-20-14(10-16)18-13-6-5-7-17-15(13)20/h5-7,12H,2-4,8-11H2,1H3. The van der Waals surface area contributed by atoms with Gasteiger partial charge in [0, 0.05) is 18.8 Å². The number of hydrogen-bond acceptors (Lipinski definition) is 3. The minimum absolute atomic E-state index is 0.434. The van der Waals surface area contributed by atoms with Gasteiger partial charge in [-0.05, 0) is 45.0 Å². The first kappa shape index (κ1) is 13.8. The van der Waals surface area contributed by atoms with E-state index in [1.165, 1.54) is 32.4 Å². The first-order valence-electron chi connectivity index (χ1n) is 7.39. The number of piperidine rings is 1. The van der Waals surface area contributed by atoms with Crippen LogP contribution < -0.4 is 0 Å². The third-order valence-corrected chi connectivity index (χ3v) is 4.40. The molecule has 2 aromatic rings. The van der Waals surface area contributed by atoms with Crippen molar-refractivity contribution < 1.29 is 0 Å². The second kappa shape index (κ2) is 6.10. The smallest absolute Gasteiger partial charge is 0.160 e. The Hall–Kier alpha value is -1.13. The molecule has 1 fully saturated rings. The fourth-order valence-corrected chi connectivity index (χ4v) is 3.24. The Morgan fingerprint density at radius 2 is 2.10 bits per heavy atom. The van der Waals surface area contributed by atoms with E-state index >= 15 is 0 Å². The summed E-state index contributed by atoms with van der Waals surface area (Å²) in [5.74, 6) is 1.35. The molecule has 3 rings (SSSR count). The number of fused-ring (bicyclic) bond motifs is 1. The first-order chi connectivity index (χ1) is 9.79. The molecule has 2 aromatic heterocycles. The molecule has 0 bridgehead atoms. The first-order valence-corrected chi connectivity index (χ1v) is 7.93. The van der Waals surface area contributed by atoms with Crippen molar-refractivity contribution in [2.24, 2.45) is 0 Å². The summed E-state index contributed by atoms with van der Waals surface area (Å²) in [6, 6.07) is 4.42. The third kappa shape index (κ3) is 2.67. The van der Waals surface area contributed by atoms with Gasteiger partial charge in [0.2, 0.25) is 0 Å². The molecule has 108 valence electrons. The van der Waals surface area contributed by atoms with Gasteiger partial charge < -0.3 is 4.57 Å². The number of hydrogen-bond donors (Lipinski definition) is 0. The minimum Gasteiger partial charge on any atom is -0.310 e. The lowest BCUT2D eigenvalue weighted by Gasteiger charge is -2.32. The number of halogens is 1. The van der Waals surface area contributed by atoms with Crippen LogP contribution in [0.15, 0.2) is 18.3 Å². The van der Waals surface area contributed by atoms with Crippen molar-refractivity contribution in [2.75, 3.05) is 13.1 Å². The van der Waals surface area contributed by atoms with Crippen LogP contribution in [0.2, 0.25) is 0 Å². The normalized spacial score (nSPS) is 18.5. The van der Waals surface area contributed by atoms with Crippen LogP contribution >= 0.6 is 11.6 Å². The van der Waals surface area contributed by atoms with E-state index < -0.39 is 0 Å². The molecule has 1 atom stereocenters. The molecule has 1 unspecified atom stereocenters. The second-order valence-corrected chi connectivity index (χ2v) is 5.83. The quantitative estimate of drug-likeness (QED) is 0.812. The molecule has 1 aliphatic rings. The minimum atomic E-state index is 0.434. The fourth-order valence-electron chi connectivity index (χ4n) is 3.04. The van der Waals surface area contributed by atoms with Gasteiger partial charge in [-0.25, -0.2) is 9.97 Å². The maximum atomic E-state index is 6.05. The fraction of sp³-hybridized carbons (Fsp3) is 0.600. The Balaban J connectivity index is 1.85. The average Bonchev–Trinajstić information content (AvgIpc) is 2.86. The van der Waals surface area contributed by atoms with Crippen LogP contribution in [0, 0.1) is 0 Å². The molecular formula is C15H21ClN4. The summed E-state index contributed by atoms with van der Waals surface area (Å²) in [7, 11) is 0. The van der Waals surface area contributed by atoms with Gasteiger partial charge in [-0.3, -0.25) is 4.90 Å². The highest BCUT2D eigenvalue weighted by molar-refractivity contribution is 6.16. The van der Waals surface area contributed by atoms with Crippen LogP contribution in [-0.4, -0.2) is 38.6 Å². The van der Waals surface area contributed by atoms with Gasteiger partial charge in [0.1, 0.15) is 11.3 Å². The predicted octanol–water partition coefficient (Wildman–Crippen LogP) is 3.04. The van der Waals surface area contributed by atoms with Crippen molar-refractivity contribution in [2.45, 2.75) is 44.7 Å². The third-order valence-electron chi connectivity index (χ3n) is 4.16. The van der Waals surface area contributed by atoms with Crippen molar-refractivity contribution in [1.29, 1.82) is 0 Å². The Morgan fingerprint density at radius 1 is 1.30 bits per heavy atom. The van der Waals surface area contributed by atoms with Crippen molar-refractivity contribution >= 4 is 22.8 Å². The number of alkyl halides is 1. The number of imidazole rings is 1. The van der Waals surface area contributed by atoms with Crippen LogP contribution in [0.1, 0.15) is 32.0 Å². The highest BCUT2D eigenvalue weighted by atomic mass is 35.5. The maximum absolute atomic E-state index is 6.05. The number of likely N-dealkylation sites (tertiary alicyclic amines) is 1. The number of pyridine rings is 1. The molecule has 20 heavy (non-hydrogen) atoms. The number of nitrogens with zero attached hydrogens (tertiary/aromatic N) is 4. The van der Waals surface area contributed by atoms with E-state index in [4.69, 9.17) is 11.6 Å². The van der Waals surface area contributed by atoms with Gasteiger partial charge in [-0.15, -0.1) is 11.6 Å². The zero-order chi connectivity index (χ0) is 13.9. The summed E-state index contributed by atoms with van der Waals surface area (Å²) in [5, 5.41) is 0. The molecule has 3 heterocycles. The lowest BCUT2D eigenvalue weighted by molar-refractivity contribution is 0.160. The largest absolute Gasteiger partial charge is 0.310 e.